The van der Waals surface area contributed by atoms with E-state index < -0.39 is 12.6 Å². The lowest BCUT2D eigenvalue weighted by Gasteiger charge is -2.29. The van der Waals surface area contributed by atoms with E-state index in [0.717, 1.165) is 31.2 Å². The Morgan fingerprint density at radius 1 is 1.29 bits per heavy atom. The van der Waals surface area contributed by atoms with Gasteiger partial charge in [-0.15, -0.1) is 0 Å². The van der Waals surface area contributed by atoms with Crippen molar-refractivity contribution in [3.63, 3.8) is 0 Å². The molecular weight excluding hydrogens is 398 g/mol. The fourth-order valence-corrected chi connectivity index (χ4v) is 4.83. The number of hydrogen-bond acceptors (Lipinski definition) is 6. The molecule has 1 aromatic rings. The van der Waals surface area contributed by atoms with Gasteiger partial charge in [-0.05, 0) is 43.5 Å². The molecule has 1 saturated heterocycles. The van der Waals surface area contributed by atoms with Crippen molar-refractivity contribution in [1.82, 2.24) is 4.90 Å². The lowest BCUT2D eigenvalue weighted by atomic mass is 9.94. The van der Waals surface area contributed by atoms with Crippen LogP contribution in [0.2, 0.25) is 0 Å². The first-order chi connectivity index (χ1) is 13.5. The van der Waals surface area contributed by atoms with Crippen LogP contribution in [0.3, 0.4) is 0 Å². The van der Waals surface area contributed by atoms with Gasteiger partial charge in [0.25, 0.3) is 5.91 Å². The normalized spacial score (nSPS) is 19.3. The maximum atomic E-state index is 12.9. The fourth-order valence-electron chi connectivity index (χ4n) is 3.43. The van der Waals surface area contributed by atoms with Crippen molar-refractivity contribution in [2.75, 3.05) is 13.2 Å². The summed E-state index contributed by atoms with van der Waals surface area (Å²) in [5.74, 6) is -0.291. The van der Waals surface area contributed by atoms with E-state index in [1.54, 1.807) is 29.2 Å². The Morgan fingerprint density at radius 2 is 2.04 bits per heavy atom. The summed E-state index contributed by atoms with van der Waals surface area (Å²) < 4.78 is 11.4. The van der Waals surface area contributed by atoms with E-state index >= 15 is 0 Å². The number of carboxylic acid groups (broad SMARTS) is 1. The zero-order valence-electron chi connectivity index (χ0n) is 15.7. The van der Waals surface area contributed by atoms with Crippen molar-refractivity contribution >= 4 is 46.3 Å². The van der Waals surface area contributed by atoms with Crippen LogP contribution < -0.4 is 9.47 Å². The van der Waals surface area contributed by atoms with Gasteiger partial charge in [0.05, 0.1) is 11.5 Å². The summed E-state index contributed by atoms with van der Waals surface area (Å²) in [6, 6.07) is 5.38. The van der Waals surface area contributed by atoms with E-state index in [1.807, 2.05) is 6.92 Å². The van der Waals surface area contributed by atoms with Crippen LogP contribution in [0.15, 0.2) is 23.1 Å². The topological polar surface area (TPSA) is 76.1 Å². The summed E-state index contributed by atoms with van der Waals surface area (Å²) in [7, 11) is 0. The average Bonchev–Trinajstić information content (AvgIpc) is 2.95. The van der Waals surface area contributed by atoms with Gasteiger partial charge in [-0.2, -0.15) is 0 Å². The molecule has 0 bridgehead atoms. The third kappa shape index (κ3) is 4.86. The zero-order chi connectivity index (χ0) is 20.1. The average molecular weight is 422 g/mol. The molecule has 150 valence electrons. The fraction of sp³-hybridized carbons (Fsp3) is 0.450. The Morgan fingerprint density at radius 3 is 2.71 bits per heavy atom. The molecule has 1 amide bonds. The van der Waals surface area contributed by atoms with E-state index in [1.165, 1.54) is 18.2 Å². The predicted molar refractivity (Wildman–Crippen MR) is 113 cm³/mol. The number of amides is 1. The molecule has 1 aliphatic carbocycles. The summed E-state index contributed by atoms with van der Waals surface area (Å²) >= 11 is 6.79. The maximum Gasteiger partial charge on any atom is 0.341 e. The summed E-state index contributed by atoms with van der Waals surface area (Å²) in [5.41, 5.74) is 0.773. The third-order valence-corrected chi connectivity index (χ3v) is 6.01. The number of hydrogen-bond donors (Lipinski definition) is 1. The van der Waals surface area contributed by atoms with Gasteiger partial charge in [0, 0.05) is 6.04 Å². The van der Waals surface area contributed by atoms with Crippen LogP contribution in [0.4, 0.5) is 0 Å². The van der Waals surface area contributed by atoms with Crippen molar-refractivity contribution in [1.29, 1.82) is 0 Å². The molecule has 3 rings (SSSR count). The number of thioether (sulfide) groups is 1. The van der Waals surface area contributed by atoms with Gasteiger partial charge in [-0.3, -0.25) is 9.69 Å². The number of carbonyl (C=O) groups is 2. The molecular formula is C20H23NO5S2. The first-order valence-electron chi connectivity index (χ1n) is 9.38. The Hall–Kier alpha value is -2.06. The molecule has 1 aliphatic heterocycles. The molecule has 0 radical (unpaired) electrons. The summed E-state index contributed by atoms with van der Waals surface area (Å²) in [6.07, 6.45) is 7.30. The summed E-state index contributed by atoms with van der Waals surface area (Å²) in [5, 5.41) is 8.79. The van der Waals surface area contributed by atoms with Crippen molar-refractivity contribution in [3.8, 4) is 11.5 Å². The van der Waals surface area contributed by atoms with Gasteiger partial charge in [-0.1, -0.05) is 49.3 Å². The lowest BCUT2D eigenvalue weighted by molar-refractivity contribution is -0.139. The molecule has 1 aromatic carbocycles. The molecule has 0 atom stereocenters. The Bertz CT molecular complexity index is 802. The van der Waals surface area contributed by atoms with Gasteiger partial charge in [0.1, 0.15) is 4.32 Å². The number of nitrogens with zero attached hydrogens (tertiary/aromatic N) is 1. The summed E-state index contributed by atoms with van der Waals surface area (Å²) in [6.45, 7) is 1.80. The van der Waals surface area contributed by atoms with Crippen molar-refractivity contribution in [2.24, 2.45) is 0 Å². The Kier molecular flexibility index (Phi) is 6.96. The first kappa shape index (κ1) is 20.7. The largest absolute Gasteiger partial charge is 0.490 e. The Balaban J connectivity index is 1.80. The van der Waals surface area contributed by atoms with E-state index in [4.69, 9.17) is 26.8 Å². The highest BCUT2D eigenvalue weighted by molar-refractivity contribution is 8.26. The molecule has 1 heterocycles. The molecule has 6 nitrogen and oxygen atoms in total. The third-order valence-electron chi connectivity index (χ3n) is 4.68. The van der Waals surface area contributed by atoms with Crippen LogP contribution in [-0.4, -0.2) is 45.5 Å². The minimum absolute atomic E-state index is 0.0361. The van der Waals surface area contributed by atoms with Gasteiger partial charge in [0.2, 0.25) is 0 Å². The number of carboxylic acids is 1. The van der Waals surface area contributed by atoms with E-state index in [-0.39, 0.29) is 11.9 Å². The second-order valence-corrected chi connectivity index (χ2v) is 8.34. The predicted octanol–water partition coefficient (Wildman–Crippen LogP) is 4.08. The smallest absolute Gasteiger partial charge is 0.341 e. The minimum atomic E-state index is -1.06. The van der Waals surface area contributed by atoms with Crippen molar-refractivity contribution in [3.05, 3.63) is 28.7 Å². The first-order valence-corrected chi connectivity index (χ1v) is 10.6. The van der Waals surface area contributed by atoms with Crippen LogP contribution in [0.25, 0.3) is 6.08 Å². The van der Waals surface area contributed by atoms with Gasteiger partial charge >= 0.3 is 5.97 Å². The van der Waals surface area contributed by atoms with Crippen molar-refractivity contribution in [2.45, 2.75) is 45.1 Å². The highest BCUT2D eigenvalue weighted by atomic mass is 32.2. The van der Waals surface area contributed by atoms with Gasteiger partial charge < -0.3 is 14.6 Å². The quantitative estimate of drug-likeness (QED) is 0.525. The van der Waals surface area contributed by atoms with Crippen molar-refractivity contribution < 1.29 is 24.2 Å². The highest BCUT2D eigenvalue weighted by Crippen LogP contribution is 2.38. The van der Waals surface area contributed by atoms with E-state index in [9.17, 15) is 9.59 Å². The molecule has 0 aromatic heterocycles. The van der Waals surface area contributed by atoms with Crippen LogP contribution >= 0.6 is 24.0 Å². The lowest BCUT2D eigenvalue weighted by Crippen LogP contribution is -2.39. The second kappa shape index (κ2) is 9.43. The van der Waals surface area contributed by atoms with E-state index in [0.29, 0.717) is 27.3 Å². The molecule has 1 saturated carbocycles. The standard InChI is InChI=1S/C20H23NO5S2/c1-2-25-16-10-13(8-9-15(16)26-12-18(22)23)11-17-19(24)21(20(27)28-17)14-6-4-3-5-7-14/h8-11,14H,2-7,12H2,1H3,(H,22,23). The van der Waals surface area contributed by atoms with Crippen LogP contribution in [0.1, 0.15) is 44.6 Å². The Labute approximate surface area is 173 Å². The molecule has 2 fully saturated rings. The molecule has 0 unspecified atom stereocenters. The molecule has 0 spiro atoms. The van der Waals surface area contributed by atoms with Gasteiger partial charge in [0.15, 0.2) is 18.1 Å². The molecule has 1 N–H and O–H groups in total. The number of thiocarbonyl (C=S) groups is 1. The van der Waals surface area contributed by atoms with E-state index in [2.05, 4.69) is 0 Å². The number of carbonyl (C=O) groups excluding carboxylic acids is 1. The second-order valence-electron chi connectivity index (χ2n) is 6.67. The SMILES string of the molecule is CCOc1cc(C=C2SC(=S)N(C3CCCCC3)C2=O)ccc1OCC(=O)O. The number of aliphatic carboxylic acids is 1. The number of ether oxygens (including phenoxy) is 2. The number of benzene rings is 1. The molecule has 28 heavy (non-hydrogen) atoms. The highest BCUT2D eigenvalue weighted by Gasteiger charge is 2.37. The minimum Gasteiger partial charge on any atom is -0.490 e. The van der Waals surface area contributed by atoms with Crippen LogP contribution in [-0.2, 0) is 9.59 Å². The molecule has 2 aliphatic rings. The van der Waals surface area contributed by atoms with Crippen LogP contribution in [0, 0.1) is 0 Å². The summed E-state index contributed by atoms with van der Waals surface area (Å²) in [4.78, 5) is 26.0. The van der Waals surface area contributed by atoms with Crippen LogP contribution in [0.5, 0.6) is 11.5 Å². The monoisotopic (exact) mass is 421 g/mol. The number of rotatable bonds is 7. The maximum absolute atomic E-state index is 12.9. The molecule has 8 heteroatoms. The zero-order valence-corrected chi connectivity index (χ0v) is 17.3. The van der Waals surface area contributed by atoms with Gasteiger partial charge in [-0.25, -0.2) is 4.79 Å².